The van der Waals surface area contributed by atoms with Crippen molar-refractivity contribution in [3.63, 3.8) is 0 Å². The van der Waals surface area contributed by atoms with E-state index >= 15 is 0 Å². The van der Waals surface area contributed by atoms with Gasteiger partial charge >= 0.3 is 5.97 Å². The van der Waals surface area contributed by atoms with Crippen molar-refractivity contribution in [1.82, 2.24) is 14.8 Å². The Labute approximate surface area is 84.2 Å². The van der Waals surface area contributed by atoms with E-state index in [0.29, 0.717) is 16.6 Å². The number of hydrogen-bond acceptors (Lipinski definition) is 3. The number of nitrogens with zero attached hydrogens (tertiary/aromatic N) is 2. The van der Waals surface area contributed by atoms with Gasteiger partial charge in [-0.1, -0.05) is 0 Å². The van der Waals surface area contributed by atoms with Crippen molar-refractivity contribution in [2.24, 2.45) is 7.05 Å². The van der Waals surface area contributed by atoms with Crippen molar-refractivity contribution in [2.45, 2.75) is 6.92 Å². The Hall–Kier alpha value is -2.11. The highest BCUT2D eigenvalue weighted by molar-refractivity contribution is 5.90. The van der Waals surface area contributed by atoms with Crippen LogP contribution in [0.5, 0.6) is 0 Å². The number of nitrogens with one attached hydrogen (secondary N) is 1. The van der Waals surface area contributed by atoms with Gasteiger partial charge < -0.3 is 5.11 Å². The van der Waals surface area contributed by atoms with E-state index in [2.05, 4.69) is 10.1 Å². The summed E-state index contributed by atoms with van der Waals surface area (Å²) in [4.78, 5) is 26.1. The van der Waals surface area contributed by atoms with Gasteiger partial charge in [0.1, 0.15) is 0 Å². The van der Waals surface area contributed by atoms with E-state index in [1.807, 2.05) is 0 Å². The van der Waals surface area contributed by atoms with Crippen molar-refractivity contribution in [1.29, 1.82) is 0 Å². The highest BCUT2D eigenvalue weighted by Crippen LogP contribution is 2.12. The number of aromatic carboxylic acids is 1. The van der Waals surface area contributed by atoms with Gasteiger partial charge in [0.2, 0.25) is 0 Å². The Kier molecular flexibility index (Phi) is 1.85. The van der Waals surface area contributed by atoms with Crippen LogP contribution in [0.3, 0.4) is 0 Å². The average molecular weight is 207 g/mol. The summed E-state index contributed by atoms with van der Waals surface area (Å²) in [5.74, 6) is -1.11. The lowest BCUT2D eigenvalue weighted by molar-refractivity contribution is 0.0691. The first kappa shape index (κ1) is 9.45. The molecule has 0 atom stereocenters. The van der Waals surface area contributed by atoms with Gasteiger partial charge in [0.25, 0.3) is 5.56 Å². The Morgan fingerprint density at radius 1 is 1.60 bits per heavy atom. The first-order valence-corrected chi connectivity index (χ1v) is 4.30. The molecule has 0 fully saturated rings. The zero-order valence-electron chi connectivity index (χ0n) is 8.24. The maximum Gasteiger partial charge on any atom is 0.354 e. The first-order chi connectivity index (χ1) is 7.00. The summed E-state index contributed by atoms with van der Waals surface area (Å²) in [5.41, 5.74) is 0.646. The molecule has 0 spiro atoms. The van der Waals surface area contributed by atoms with Crippen molar-refractivity contribution >= 4 is 17.0 Å². The largest absolute Gasteiger partial charge is 0.477 e. The second-order valence-corrected chi connectivity index (χ2v) is 3.33. The summed E-state index contributed by atoms with van der Waals surface area (Å²) in [6.45, 7) is 1.69. The lowest BCUT2D eigenvalue weighted by atomic mass is 10.2. The number of rotatable bonds is 1. The monoisotopic (exact) mass is 207 g/mol. The predicted octanol–water partition coefficient (Wildman–Crippen LogP) is 0.268. The molecule has 78 valence electrons. The van der Waals surface area contributed by atoms with E-state index in [1.165, 1.54) is 10.7 Å². The molecule has 0 saturated carbocycles. The fourth-order valence-electron chi connectivity index (χ4n) is 1.51. The molecule has 0 saturated heterocycles. The Morgan fingerprint density at radius 2 is 2.27 bits per heavy atom. The second-order valence-electron chi connectivity index (χ2n) is 3.33. The van der Waals surface area contributed by atoms with Crippen LogP contribution in [-0.4, -0.2) is 25.8 Å². The lowest BCUT2D eigenvalue weighted by Gasteiger charge is -1.96. The summed E-state index contributed by atoms with van der Waals surface area (Å²) in [5, 5.41) is 11.9. The van der Waals surface area contributed by atoms with Crippen LogP contribution in [0.15, 0.2) is 10.9 Å². The van der Waals surface area contributed by atoms with E-state index in [1.54, 1.807) is 14.0 Å². The van der Waals surface area contributed by atoms with E-state index in [-0.39, 0.29) is 11.3 Å². The maximum absolute atomic E-state index is 11.6. The van der Waals surface area contributed by atoms with Gasteiger partial charge in [-0.25, -0.2) is 9.78 Å². The molecule has 0 aromatic carbocycles. The highest BCUT2D eigenvalue weighted by atomic mass is 16.4. The van der Waals surface area contributed by atoms with E-state index in [4.69, 9.17) is 5.11 Å². The lowest BCUT2D eigenvalue weighted by Crippen LogP contribution is -2.12. The smallest absolute Gasteiger partial charge is 0.354 e. The van der Waals surface area contributed by atoms with Crippen LogP contribution in [0.1, 0.15) is 16.1 Å². The summed E-state index contributed by atoms with van der Waals surface area (Å²) < 4.78 is 1.27. The van der Waals surface area contributed by atoms with Gasteiger partial charge in [-0.2, -0.15) is 0 Å². The van der Waals surface area contributed by atoms with Gasteiger partial charge in [0, 0.05) is 7.05 Å². The highest BCUT2D eigenvalue weighted by Gasteiger charge is 2.13. The predicted molar refractivity (Wildman–Crippen MR) is 53.0 cm³/mol. The first-order valence-electron chi connectivity index (χ1n) is 4.30. The number of pyridine rings is 1. The summed E-state index contributed by atoms with van der Waals surface area (Å²) >= 11 is 0. The number of carboxylic acids is 1. The summed E-state index contributed by atoms with van der Waals surface area (Å²) in [6, 6.07) is 1.39. The molecule has 2 aromatic rings. The number of carboxylic acid groups (broad SMARTS) is 1. The number of aryl methyl sites for hydroxylation is 2. The minimum absolute atomic E-state index is 0.0677. The standard InChI is InChI=1S/C9H9N3O3/c1-4-3-5(9(14)15)10-7-6(4)8(13)12(2)11-7/h3H,1-2H3,(H,10,11)(H,14,15). The van der Waals surface area contributed by atoms with Gasteiger partial charge in [-0.3, -0.25) is 14.6 Å². The Morgan fingerprint density at radius 3 is 2.87 bits per heavy atom. The van der Waals surface area contributed by atoms with E-state index in [9.17, 15) is 9.59 Å². The topological polar surface area (TPSA) is 88.0 Å². The van der Waals surface area contributed by atoms with Crippen molar-refractivity contribution in [3.05, 3.63) is 27.7 Å². The zero-order chi connectivity index (χ0) is 11.2. The molecule has 6 heteroatoms. The number of carbonyl (C=O) groups is 1. The molecule has 0 aliphatic carbocycles. The van der Waals surface area contributed by atoms with E-state index < -0.39 is 5.97 Å². The minimum atomic E-state index is -1.11. The SMILES string of the molecule is Cc1cc(C(=O)O)nc2[nH]n(C)c(=O)c12. The van der Waals surface area contributed by atoms with Crippen molar-refractivity contribution in [2.75, 3.05) is 0 Å². The molecular formula is C9H9N3O3. The molecule has 0 amide bonds. The molecule has 0 aliphatic rings. The van der Waals surface area contributed by atoms with Crippen molar-refractivity contribution in [3.8, 4) is 0 Å². The molecule has 15 heavy (non-hydrogen) atoms. The molecular weight excluding hydrogens is 198 g/mol. The van der Waals surface area contributed by atoms with E-state index in [0.717, 1.165) is 0 Å². The molecule has 2 aromatic heterocycles. The van der Waals surface area contributed by atoms with Crippen LogP contribution in [0.25, 0.3) is 11.0 Å². The fourth-order valence-corrected chi connectivity index (χ4v) is 1.51. The third-order valence-corrected chi connectivity index (χ3v) is 2.23. The number of hydrogen-bond donors (Lipinski definition) is 2. The van der Waals surface area contributed by atoms with Gasteiger partial charge in [0.15, 0.2) is 11.3 Å². The maximum atomic E-state index is 11.6. The minimum Gasteiger partial charge on any atom is -0.477 e. The van der Waals surface area contributed by atoms with Gasteiger partial charge in [-0.05, 0) is 18.6 Å². The molecule has 0 radical (unpaired) electrons. The molecule has 2 N–H and O–H groups in total. The Bertz CT molecular complexity index is 609. The average Bonchev–Trinajstić information content (AvgIpc) is 2.42. The van der Waals surface area contributed by atoms with Crippen LogP contribution < -0.4 is 5.56 Å². The van der Waals surface area contributed by atoms with Crippen LogP contribution in [0.4, 0.5) is 0 Å². The number of aromatic nitrogens is 3. The zero-order valence-corrected chi connectivity index (χ0v) is 8.24. The number of aromatic amines is 1. The van der Waals surface area contributed by atoms with Crippen LogP contribution in [-0.2, 0) is 7.05 Å². The number of H-pyrrole nitrogens is 1. The second kappa shape index (κ2) is 2.94. The Balaban J connectivity index is 2.90. The number of fused-ring (bicyclic) bond motifs is 1. The van der Waals surface area contributed by atoms with Gasteiger partial charge in [-0.15, -0.1) is 0 Å². The molecule has 0 unspecified atom stereocenters. The third kappa shape index (κ3) is 1.30. The fraction of sp³-hybridized carbons (Fsp3) is 0.222. The van der Waals surface area contributed by atoms with Crippen LogP contribution in [0.2, 0.25) is 0 Å². The molecule has 0 bridgehead atoms. The van der Waals surface area contributed by atoms with Gasteiger partial charge in [0.05, 0.1) is 5.39 Å². The van der Waals surface area contributed by atoms with Crippen LogP contribution >= 0.6 is 0 Å². The summed E-state index contributed by atoms with van der Waals surface area (Å²) in [6.07, 6.45) is 0. The molecule has 0 aliphatic heterocycles. The normalized spacial score (nSPS) is 10.8. The molecule has 2 rings (SSSR count). The van der Waals surface area contributed by atoms with Crippen LogP contribution in [0, 0.1) is 6.92 Å². The molecule has 2 heterocycles. The summed E-state index contributed by atoms with van der Waals surface area (Å²) in [7, 11) is 1.56. The quantitative estimate of drug-likeness (QED) is 0.702. The third-order valence-electron chi connectivity index (χ3n) is 2.23. The van der Waals surface area contributed by atoms with Crippen molar-refractivity contribution < 1.29 is 9.90 Å². The molecule has 6 nitrogen and oxygen atoms in total.